The molecule has 1 amide bonds. The van der Waals surface area contributed by atoms with Gasteiger partial charge in [-0.05, 0) is 51.1 Å². The zero-order valence-electron chi connectivity index (χ0n) is 14.7. The Labute approximate surface area is 144 Å². The van der Waals surface area contributed by atoms with E-state index in [0.717, 1.165) is 30.2 Å². The summed E-state index contributed by atoms with van der Waals surface area (Å²) in [4.78, 5) is 14.9. The van der Waals surface area contributed by atoms with Crippen molar-refractivity contribution in [2.45, 2.75) is 43.5 Å². The number of nitrogens with one attached hydrogen (secondary N) is 1. The number of carbonyl (C=O) groups excluding carboxylic acids is 1. The van der Waals surface area contributed by atoms with Gasteiger partial charge in [0.25, 0.3) is 0 Å². The quantitative estimate of drug-likeness (QED) is 0.880. The lowest BCUT2D eigenvalue weighted by molar-refractivity contribution is -0.120. The highest BCUT2D eigenvalue weighted by Crippen LogP contribution is 2.19. The Bertz CT molecular complexity index is 665. The second-order valence-electron chi connectivity index (χ2n) is 6.43. The lowest BCUT2D eigenvalue weighted by Gasteiger charge is -2.26. The molecule has 1 aliphatic heterocycles. The minimum absolute atomic E-state index is 0.101. The number of hydrogen-bond donors (Lipinski definition) is 1. The molecule has 6 nitrogen and oxygen atoms in total. The normalized spacial score (nSPS) is 18.2. The van der Waals surface area contributed by atoms with Crippen LogP contribution in [-0.4, -0.2) is 56.8 Å². The van der Waals surface area contributed by atoms with E-state index in [1.807, 2.05) is 6.92 Å². The molecule has 24 heavy (non-hydrogen) atoms. The molecule has 1 N–H and O–H groups in total. The number of carbonyl (C=O) groups is 1. The van der Waals surface area contributed by atoms with Crippen LogP contribution in [0, 0.1) is 0 Å². The largest absolute Gasteiger partial charge is 0.325 e. The molecule has 1 heterocycles. The molecule has 1 saturated heterocycles. The summed E-state index contributed by atoms with van der Waals surface area (Å²) in [7, 11) is -0.533. The average molecular weight is 353 g/mol. The molecule has 0 spiro atoms. The standard InChI is InChI=1S/C17H27N3O3S/c1-14(20-11-6-4-5-7-12-20)17(21)18-15-9-8-10-16(13-15)24(22,23)19(2)3/h8-10,13-14H,4-7,11-12H2,1-3H3,(H,18,21)/t14-/m1/s1. The second-order valence-corrected chi connectivity index (χ2v) is 8.58. The van der Waals surface area contributed by atoms with Gasteiger partial charge >= 0.3 is 0 Å². The van der Waals surface area contributed by atoms with E-state index in [9.17, 15) is 13.2 Å². The lowest BCUT2D eigenvalue weighted by atomic mass is 10.2. The van der Waals surface area contributed by atoms with Gasteiger partial charge in [0.2, 0.25) is 15.9 Å². The summed E-state index contributed by atoms with van der Waals surface area (Å²) in [5.74, 6) is -0.101. The van der Waals surface area contributed by atoms with Crippen LogP contribution in [0.25, 0.3) is 0 Å². The summed E-state index contributed by atoms with van der Waals surface area (Å²) in [6.45, 7) is 3.77. The predicted octanol–water partition coefficient (Wildman–Crippen LogP) is 2.14. The number of benzene rings is 1. The highest BCUT2D eigenvalue weighted by atomic mass is 32.2. The maximum Gasteiger partial charge on any atom is 0.242 e. The molecule has 7 heteroatoms. The smallest absolute Gasteiger partial charge is 0.242 e. The van der Waals surface area contributed by atoms with Crippen molar-refractivity contribution in [3.8, 4) is 0 Å². The van der Waals surface area contributed by atoms with E-state index in [1.54, 1.807) is 12.1 Å². The fourth-order valence-corrected chi connectivity index (χ4v) is 3.79. The molecule has 2 rings (SSSR count). The average Bonchev–Trinajstić information content (AvgIpc) is 2.83. The minimum atomic E-state index is -3.51. The van der Waals surface area contributed by atoms with E-state index >= 15 is 0 Å². The number of hydrogen-bond acceptors (Lipinski definition) is 4. The summed E-state index contributed by atoms with van der Waals surface area (Å²) in [6, 6.07) is 6.16. The summed E-state index contributed by atoms with van der Waals surface area (Å²) in [5.41, 5.74) is 0.504. The van der Waals surface area contributed by atoms with Crippen molar-refractivity contribution in [3.05, 3.63) is 24.3 Å². The zero-order valence-corrected chi connectivity index (χ0v) is 15.5. The molecular formula is C17H27N3O3S. The van der Waals surface area contributed by atoms with Crippen LogP contribution in [0.3, 0.4) is 0 Å². The molecule has 0 aromatic heterocycles. The van der Waals surface area contributed by atoms with Crippen molar-refractivity contribution in [1.29, 1.82) is 0 Å². The monoisotopic (exact) mass is 353 g/mol. The molecule has 1 aliphatic rings. The van der Waals surface area contributed by atoms with Crippen LogP contribution in [-0.2, 0) is 14.8 Å². The molecule has 0 unspecified atom stereocenters. The first-order chi connectivity index (χ1) is 11.3. The highest BCUT2D eigenvalue weighted by Gasteiger charge is 2.23. The van der Waals surface area contributed by atoms with Crippen LogP contribution in [0.2, 0.25) is 0 Å². The fourth-order valence-electron chi connectivity index (χ4n) is 2.84. The number of amides is 1. The Hall–Kier alpha value is -1.44. The fraction of sp³-hybridized carbons (Fsp3) is 0.588. The van der Waals surface area contributed by atoms with Crippen LogP contribution in [0.15, 0.2) is 29.2 Å². The Morgan fingerprint density at radius 2 is 1.79 bits per heavy atom. The molecule has 134 valence electrons. The third-order valence-corrected chi connectivity index (χ3v) is 6.26. The third-order valence-electron chi connectivity index (χ3n) is 4.45. The highest BCUT2D eigenvalue weighted by molar-refractivity contribution is 7.89. The van der Waals surface area contributed by atoms with Crippen molar-refractivity contribution < 1.29 is 13.2 Å². The van der Waals surface area contributed by atoms with Gasteiger partial charge in [0.15, 0.2) is 0 Å². The third kappa shape index (κ3) is 4.55. The first kappa shape index (κ1) is 18.9. The van der Waals surface area contributed by atoms with Gasteiger partial charge in [-0.25, -0.2) is 12.7 Å². The van der Waals surface area contributed by atoms with E-state index in [2.05, 4.69) is 10.2 Å². The first-order valence-corrected chi connectivity index (χ1v) is 9.84. The van der Waals surface area contributed by atoms with Gasteiger partial charge in [0, 0.05) is 19.8 Å². The topological polar surface area (TPSA) is 69.7 Å². The summed E-state index contributed by atoms with van der Waals surface area (Å²) < 4.78 is 25.5. The maximum atomic E-state index is 12.5. The Kier molecular flexibility index (Phi) is 6.37. The van der Waals surface area contributed by atoms with E-state index in [1.165, 1.54) is 39.1 Å². The van der Waals surface area contributed by atoms with Gasteiger partial charge in [0.1, 0.15) is 0 Å². The number of sulfonamides is 1. The molecule has 1 atom stereocenters. The van der Waals surface area contributed by atoms with Gasteiger partial charge in [-0.3, -0.25) is 9.69 Å². The van der Waals surface area contributed by atoms with E-state index in [-0.39, 0.29) is 16.8 Å². The van der Waals surface area contributed by atoms with Gasteiger partial charge in [-0.1, -0.05) is 18.9 Å². The van der Waals surface area contributed by atoms with Crippen LogP contribution < -0.4 is 5.32 Å². The minimum Gasteiger partial charge on any atom is -0.325 e. The van der Waals surface area contributed by atoms with Crippen LogP contribution >= 0.6 is 0 Å². The van der Waals surface area contributed by atoms with E-state index in [0.29, 0.717) is 5.69 Å². The number of rotatable bonds is 5. The van der Waals surface area contributed by atoms with E-state index < -0.39 is 10.0 Å². The van der Waals surface area contributed by atoms with Crippen molar-refractivity contribution >= 4 is 21.6 Å². The zero-order chi connectivity index (χ0) is 17.7. The SMILES string of the molecule is C[C@H](C(=O)Nc1cccc(S(=O)(=O)N(C)C)c1)N1CCCCCC1. The van der Waals surface area contributed by atoms with Crippen molar-refractivity contribution in [1.82, 2.24) is 9.21 Å². The molecule has 0 aliphatic carbocycles. The Balaban J connectivity index is 2.09. The summed E-state index contributed by atoms with van der Waals surface area (Å²) >= 11 is 0. The van der Waals surface area contributed by atoms with Crippen LogP contribution in [0.4, 0.5) is 5.69 Å². The molecule has 0 radical (unpaired) electrons. The number of anilines is 1. The molecule has 0 saturated carbocycles. The Morgan fingerprint density at radius 3 is 2.38 bits per heavy atom. The van der Waals surface area contributed by atoms with Gasteiger partial charge in [-0.2, -0.15) is 0 Å². The van der Waals surface area contributed by atoms with Gasteiger partial charge in [-0.15, -0.1) is 0 Å². The molecule has 1 aromatic rings. The van der Waals surface area contributed by atoms with Crippen LogP contribution in [0.5, 0.6) is 0 Å². The number of nitrogens with zero attached hydrogens (tertiary/aromatic N) is 2. The summed E-state index contributed by atoms with van der Waals surface area (Å²) in [5, 5.41) is 2.85. The molecular weight excluding hydrogens is 326 g/mol. The second kappa shape index (κ2) is 8.09. The molecule has 1 aromatic carbocycles. The van der Waals surface area contributed by atoms with Crippen molar-refractivity contribution in [2.24, 2.45) is 0 Å². The Morgan fingerprint density at radius 1 is 1.17 bits per heavy atom. The molecule has 0 bridgehead atoms. The van der Waals surface area contributed by atoms with Crippen LogP contribution in [0.1, 0.15) is 32.6 Å². The molecule has 1 fully saturated rings. The lowest BCUT2D eigenvalue weighted by Crippen LogP contribution is -2.42. The first-order valence-electron chi connectivity index (χ1n) is 8.40. The summed E-state index contributed by atoms with van der Waals surface area (Å²) in [6.07, 6.45) is 4.67. The number of likely N-dealkylation sites (tertiary alicyclic amines) is 1. The van der Waals surface area contributed by atoms with E-state index in [4.69, 9.17) is 0 Å². The van der Waals surface area contributed by atoms with Gasteiger partial charge < -0.3 is 5.32 Å². The van der Waals surface area contributed by atoms with Crippen molar-refractivity contribution in [3.63, 3.8) is 0 Å². The predicted molar refractivity (Wildman–Crippen MR) is 95.4 cm³/mol. The van der Waals surface area contributed by atoms with Crippen molar-refractivity contribution in [2.75, 3.05) is 32.5 Å². The maximum absolute atomic E-state index is 12.5. The van der Waals surface area contributed by atoms with Gasteiger partial charge in [0.05, 0.1) is 10.9 Å².